The number of aromatic hydroxyl groups is 1. The van der Waals surface area contributed by atoms with Crippen LogP contribution < -0.4 is 15.2 Å². The van der Waals surface area contributed by atoms with Gasteiger partial charge >= 0.3 is 0 Å². The number of halogens is 1. The van der Waals surface area contributed by atoms with Crippen LogP contribution in [-0.2, 0) is 6.61 Å². The molecule has 5 heteroatoms. The fourth-order valence-corrected chi connectivity index (χ4v) is 2.36. The number of benzene rings is 3. The summed E-state index contributed by atoms with van der Waals surface area (Å²) in [6.45, 7) is 0.463. The molecule has 3 rings (SSSR count). The zero-order chi connectivity index (χ0) is 16.9. The van der Waals surface area contributed by atoms with Crippen LogP contribution in [0.5, 0.6) is 23.0 Å². The third-order valence-corrected chi connectivity index (χ3v) is 3.89. The summed E-state index contributed by atoms with van der Waals surface area (Å²) in [7, 11) is 0. The third-order valence-electron chi connectivity index (χ3n) is 3.36. The number of phenols is 1. The number of nitrogen functional groups attached to an aromatic ring is 1. The molecule has 0 spiro atoms. The predicted molar refractivity (Wildman–Crippen MR) is 97.5 cm³/mol. The average Bonchev–Trinajstić information content (AvgIpc) is 2.58. The molecule has 24 heavy (non-hydrogen) atoms. The van der Waals surface area contributed by atoms with Gasteiger partial charge in [-0.1, -0.05) is 28.1 Å². The monoisotopic (exact) mass is 385 g/mol. The number of phenolic OH excluding ortho intramolecular Hbond substituents is 1. The molecule has 0 aromatic heterocycles. The van der Waals surface area contributed by atoms with E-state index < -0.39 is 0 Å². The van der Waals surface area contributed by atoms with Crippen molar-refractivity contribution in [2.45, 2.75) is 6.61 Å². The molecule has 0 bridgehead atoms. The lowest BCUT2D eigenvalue weighted by atomic mass is 10.2. The van der Waals surface area contributed by atoms with Gasteiger partial charge in [0, 0.05) is 10.5 Å². The first-order valence-corrected chi connectivity index (χ1v) is 8.13. The van der Waals surface area contributed by atoms with Crippen molar-refractivity contribution in [3.8, 4) is 23.0 Å². The zero-order valence-electron chi connectivity index (χ0n) is 12.8. The Morgan fingerprint density at radius 1 is 0.875 bits per heavy atom. The molecule has 0 heterocycles. The summed E-state index contributed by atoms with van der Waals surface area (Å²) >= 11 is 3.40. The lowest BCUT2D eigenvalue weighted by Gasteiger charge is -2.11. The first kappa shape index (κ1) is 16.2. The first-order valence-electron chi connectivity index (χ1n) is 7.34. The standard InChI is InChI=1S/C19H16BrNO3/c20-14-3-1-13(2-4-14)12-23-17-9-10-19(18(21)11-17)24-16-7-5-15(22)6-8-16/h1-11,22H,12,21H2. The molecular weight excluding hydrogens is 370 g/mol. The number of hydrogen-bond acceptors (Lipinski definition) is 4. The van der Waals surface area contributed by atoms with Crippen LogP contribution in [0.25, 0.3) is 0 Å². The van der Waals surface area contributed by atoms with Crippen LogP contribution in [0, 0.1) is 0 Å². The molecule has 0 atom stereocenters. The van der Waals surface area contributed by atoms with Crippen LogP contribution in [0.4, 0.5) is 5.69 Å². The summed E-state index contributed by atoms with van der Waals surface area (Å²) < 4.78 is 12.5. The fraction of sp³-hybridized carbons (Fsp3) is 0.0526. The Morgan fingerprint density at radius 3 is 2.21 bits per heavy atom. The van der Waals surface area contributed by atoms with E-state index in [1.54, 1.807) is 36.4 Å². The minimum Gasteiger partial charge on any atom is -0.508 e. The van der Waals surface area contributed by atoms with Crippen molar-refractivity contribution in [3.05, 3.63) is 76.8 Å². The zero-order valence-corrected chi connectivity index (χ0v) is 14.4. The molecule has 0 aliphatic rings. The maximum absolute atomic E-state index is 9.28. The summed E-state index contributed by atoms with van der Waals surface area (Å²) in [5.74, 6) is 2.00. The molecule has 3 aromatic carbocycles. The van der Waals surface area contributed by atoms with Gasteiger partial charge in [-0.05, 0) is 54.1 Å². The average molecular weight is 386 g/mol. The van der Waals surface area contributed by atoms with Crippen LogP contribution in [-0.4, -0.2) is 5.11 Å². The normalized spacial score (nSPS) is 10.4. The van der Waals surface area contributed by atoms with E-state index in [0.717, 1.165) is 10.0 Å². The quantitative estimate of drug-likeness (QED) is 0.599. The summed E-state index contributed by atoms with van der Waals surface area (Å²) in [4.78, 5) is 0. The third kappa shape index (κ3) is 4.20. The van der Waals surface area contributed by atoms with Gasteiger partial charge in [0.05, 0.1) is 5.69 Å². The Labute approximate surface area is 148 Å². The fourth-order valence-electron chi connectivity index (χ4n) is 2.10. The number of anilines is 1. The molecule has 0 unspecified atom stereocenters. The van der Waals surface area contributed by atoms with E-state index in [4.69, 9.17) is 15.2 Å². The highest BCUT2D eigenvalue weighted by Gasteiger charge is 2.05. The molecule has 122 valence electrons. The Morgan fingerprint density at radius 2 is 1.54 bits per heavy atom. The summed E-state index contributed by atoms with van der Waals surface area (Å²) in [5, 5.41) is 9.28. The van der Waals surface area contributed by atoms with Crippen molar-refractivity contribution in [2.24, 2.45) is 0 Å². The van der Waals surface area contributed by atoms with Crippen LogP contribution in [0.3, 0.4) is 0 Å². The molecule has 0 saturated carbocycles. The Hall–Kier alpha value is -2.66. The van der Waals surface area contributed by atoms with Crippen molar-refractivity contribution in [1.82, 2.24) is 0 Å². The van der Waals surface area contributed by atoms with Gasteiger partial charge in [0.15, 0.2) is 5.75 Å². The van der Waals surface area contributed by atoms with Crippen LogP contribution in [0.1, 0.15) is 5.56 Å². The minimum absolute atomic E-state index is 0.187. The molecule has 0 saturated heterocycles. The summed E-state index contributed by atoms with van der Waals surface area (Å²) in [6.07, 6.45) is 0. The molecular formula is C19H16BrNO3. The van der Waals surface area contributed by atoms with Crippen LogP contribution in [0.15, 0.2) is 71.2 Å². The maximum atomic E-state index is 9.28. The van der Waals surface area contributed by atoms with E-state index in [0.29, 0.717) is 29.5 Å². The highest BCUT2D eigenvalue weighted by molar-refractivity contribution is 9.10. The number of nitrogens with two attached hydrogens (primary N) is 1. The Kier molecular flexibility index (Phi) is 4.91. The summed E-state index contributed by atoms with van der Waals surface area (Å²) in [6, 6.07) is 19.7. The van der Waals surface area contributed by atoms with Crippen molar-refractivity contribution in [3.63, 3.8) is 0 Å². The second kappa shape index (κ2) is 7.27. The van der Waals surface area contributed by atoms with E-state index in [1.807, 2.05) is 30.3 Å². The van der Waals surface area contributed by atoms with E-state index in [9.17, 15) is 5.11 Å². The number of rotatable bonds is 5. The minimum atomic E-state index is 0.187. The number of hydrogen-bond donors (Lipinski definition) is 2. The van der Waals surface area contributed by atoms with Crippen molar-refractivity contribution in [2.75, 3.05) is 5.73 Å². The van der Waals surface area contributed by atoms with Gasteiger partial charge < -0.3 is 20.3 Å². The largest absolute Gasteiger partial charge is 0.508 e. The molecule has 3 aromatic rings. The lowest BCUT2D eigenvalue weighted by Crippen LogP contribution is -1.97. The molecule has 3 N–H and O–H groups in total. The van der Waals surface area contributed by atoms with Crippen molar-refractivity contribution >= 4 is 21.6 Å². The van der Waals surface area contributed by atoms with Gasteiger partial charge in [-0.25, -0.2) is 0 Å². The SMILES string of the molecule is Nc1cc(OCc2ccc(Br)cc2)ccc1Oc1ccc(O)cc1. The van der Waals surface area contributed by atoms with Crippen molar-refractivity contribution < 1.29 is 14.6 Å². The van der Waals surface area contributed by atoms with E-state index in [2.05, 4.69) is 15.9 Å². The van der Waals surface area contributed by atoms with Gasteiger partial charge in [0.2, 0.25) is 0 Å². The predicted octanol–water partition coefficient (Wildman–Crippen LogP) is 5.11. The van der Waals surface area contributed by atoms with E-state index in [-0.39, 0.29) is 5.75 Å². The highest BCUT2D eigenvalue weighted by Crippen LogP contribution is 2.31. The molecule has 0 fully saturated rings. The first-order chi connectivity index (χ1) is 11.6. The van der Waals surface area contributed by atoms with Crippen LogP contribution in [0.2, 0.25) is 0 Å². The Balaban J connectivity index is 1.65. The smallest absolute Gasteiger partial charge is 0.150 e. The lowest BCUT2D eigenvalue weighted by molar-refractivity contribution is 0.306. The molecule has 0 aliphatic heterocycles. The Bertz CT molecular complexity index is 817. The molecule has 0 radical (unpaired) electrons. The second-order valence-electron chi connectivity index (χ2n) is 5.21. The molecule has 4 nitrogen and oxygen atoms in total. The second-order valence-corrected chi connectivity index (χ2v) is 6.13. The van der Waals surface area contributed by atoms with Crippen molar-refractivity contribution in [1.29, 1.82) is 0 Å². The summed E-state index contributed by atoms with van der Waals surface area (Å²) in [5.41, 5.74) is 7.58. The van der Waals surface area contributed by atoms with E-state index in [1.165, 1.54) is 0 Å². The van der Waals surface area contributed by atoms with Gasteiger partial charge in [-0.15, -0.1) is 0 Å². The number of ether oxygens (including phenoxy) is 2. The maximum Gasteiger partial charge on any atom is 0.150 e. The highest BCUT2D eigenvalue weighted by atomic mass is 79.9. The van der Waals surface area contributed by atoms with Gasteiger partial charge in [0.25, 0.3) is 0 Å². The molecule has 0 amide bonds. The van der Waals surface area contributed by atoms with Gasteiger partial charge in [-0.2, -0.15) is 0 Å². The van der Waals surface area contributed by atoms with E-state index >= 15 is 0 Å². The molecule has 0 aliphatic carbocycles. The topological polar surface area (TPSA) is 64.7 Å². The van der Waals surface area contributed by atoms with Gasteiger partial charge in [-0.3, -0.25) is 0 Å². The van der Waals surface area contributed by atoms with Gasteiger partial charge in [0.1, 0.15) is 23.9 Å². The van der Waals surface area contributed by atoms with Crippen LogP contribution >= 0.6 is 15.9 Å².